The lowest BCUT2D eigenvalue weighted by Gasteiger charge is -2.06. The van der Waals surface area contributed by atoms with Gasteiger partial charge in [-0.1, -0.05) is 6.08 Å². The van der Waals surface area contributed by atoms with Crippen molar-refractivity contribution in [3.05, 3.63) is 39.9 Å². The summed E-state index contributed by atoms with van der Waals surface area (Å²) in [4.78, 5) is 15.3. The molecule has 0 aliphatic carbocycles. The van der Waals surface area contributed by atoms with Gasteiger partial charge in [-0.3, -0.25) is 9.36 Å². The number of fused-ring (bicyclic) bond motifs is 2. The highest BCUT2D eigenvalue weighted by Gasteiger charge is 2.16. The van der Waals surface area contributed by atoms with E-state index in [-0.39, 0.29) is 12.4 Å². The van der Waals surface area contributed by atoms with Crippen molar-refractivity contribution in [1.29, 1.82) is 0 Å². The lowest BCUT2D eigenvalue weighted by atomic mass is 10.2. The zero-order chi connectivity index (χ0) is 12.7. The second-order valence-corrected chi connectivity index (χ2v) is 4.27. The van der Waals surface area contributed by atoms with E-state index in [2.05, 4.69) is 11.6 Å². The molecule has 1 aromatic heterocycles. The quantitative estimate of drug-likeness (QED) is 0.664. The molecule has 92 valence electrons. The predicted molar refractivity (Wildman–Crippen MR) is 69.7 cm³/mol. The fourth-order valence-electron chi connectivity index (χ4n) is 1.94. The van der Waals surface area contributed by atoms with Crippen molar-refractivity contribution in [2.24, 2.45) is 0 Å². The fourth-order valence-corrected chi connectivity index (χ4v) is 2.20. The van der Waals surface area contributed by atoms with Crippen LogP contribution in [0.1, 0.15) is 0 Å². The summed E-state index contributed by atoms with van der Waals surface area (Å²) >= 11 is 5.15. The predicted octanol–water partition coefficient (Wildman–Crippen LogP) is 1.97. The van der Waals surface area contributed by atoms with E-state index in [1.165, 1.54) is 4.57 Å². The molecular weight excluding hydrogens is 252 g/mol. The van der Waals surface area contributed by atoms with Crippen LogP contribution >= 0.6 is 12.2 Å². The van der Waals surface area contributed by atoms with Gasteiger partial charge < -0.3 is 14.5 Å². The Morgan fingerprint density at radius 1 is 1.44 bits per heavy atom. The Morgan fingerprint density at radius 2 is 2.17 bits per heavy atom. The van der Waals surface area contributed by atoms with Gasteiger partial charge in [-0.15, -0.1) is 6.58 Å². The van der Waals surface area contributed by atoms with E-state index < -0.39 is 0 Å². The molecule has 0 bridgehead atoms. The van der Waals surface area contributed by atoms with Crippen molar-refractivity contribution in [2.75, 3.05) is 6.79 Å². The van der Waals surface area contributed by atoms with Crippen molar-refractivity contribution < 1.29 is 9.47 Å². The number of rotatable bonds is 2. The topological polar surface area (TPSA) is 56.2 Å². The highest BCUT2D eigenvalue weighted by molar-refractivity contribution is 7.71. The number of hydrogen-bond acceptors (Lipinski definition) is 4. The Labute approximate surface area is 107 Å². The monoisotopic (exact) mass is 262 g/mol. The summed E-state index contributed by atoms with van der Waals surface area (Å²) < 4.78 is 12.3. The molecule has 6 heteroatoms. The molecule has 0 atom stereocenters. The van der Waals surface area contributed by atoms with E-state index in [4.69, 9.17) is 21.7 Å². The molecule has 2 aromatic rings. The summed E-state index contributed by atoms with van der Waals surface area (Å²) in [5.41, 5.74) is 0.488. The molecule has 1 aromatic carbocycles. The summed E-state index contributed by atoms with van der Waals surface area (Å²) in [6.45, 7) is 4.16. The van der Waals surface area contributed by atoms with Crippen LogP contribution in [-0.4, -0.2) is 16.3 Å². The van der Waals surface area contributed by atoms with E-state index in [1.807, 2.05) is 0 Å². The molecule has 5 nitrogen and oxygen atoms in total. The molecule has 1 N–H and O–H groups in total. The first-order valence-electron chi connectivity index (χ1n) is 5.38. The van der Waals surface area contributed by atoms with Crippen LogP contribution in [0.3, 0.4) is 0 Å². The van der Waals surface area contributed by atoms with Gasteiger partial charge >= 0.3 is 0 Å². The first-order chi connectivity index (χ1) is 8.70. The normalized spacial score (nSPS) is 12.9. The summed E-state index contributed by atoms with van der Waals surface area (Å²) in [5, 5.41) is 0.523. The molecule has 1 aliphatic heterocycles. The molecule has 3 rings (SSSR count). The van der Waals surface area contributed by atoms with Gasteiger partial charge in [0.25, 0.3) is 5.56 Å². The number of aromatic nitrogens is 2. The molecule has 18 heavy (non-hydrogen) atoms. The maximum absolute atomic E-state index is 12.3. The molecule has 0 unspecified atom stereocenters. The van der Waals surface area contributed by atoms with Crippen molar-refractivity contribution >= 4 is 23.1 Å². The Balaban J connectivity index is 2.38. The van der Waals surface area contributed by atoms with Crippen LogP contribution in [0.2, 0.25) is 0 Å². The van der Waals surface area contributed by atoms with Crippen LogP contribution in [0.25, 0.3) is 10.9 Å². The average molecular weight is 262 g/mol. The third kappa shape index (κ3) is 1.53. The van der Waals surface area contributed by atoms with E-state index in [9.17, 15) is 4.79 Å². The SMILES string of the molecule is C=CCn1c(=S)[nH]c2cc3c(cc2c1=O)OCO3. The first kappa shape index (κ1) is 11.0. The third-order valence-corrected chi connectivity index (χ3v) is 3.11. The van der Waals surface area contributed by atoms with Crippen LogP contribution in [0.4, 0.5) is 0 Å². The van der Waals surface area contributed by atoms with E-state index in [0.29, 0.717) is 33.7 Å². The standard InChI is InChI=1S/C12H10N2O3S/c1-2-3-14-11(15)7-4-9-10(17-6-16-9)5-8(7)13-12(14)18/h2,4-5H,1,3,6H2,(H,13,18). The number of hydrogen-bond donors (Lipinski definition) is 1. The molecular formula is C12H10N2O3S. The number of ether oxygens (including phenoxy) is 2. The molecule has 2 heterocycles. The minimum Gasteiger partial charge on any atom is -0.454 e. The summed E-state index contributed by atoms with van der Waals surface area (Å²) in [5.74, 6) is 1.20. The summed E-state index contributed by atoms with van der Waals surface area (Å²) in [6.07, 6.45) is 1.63. The van der Waals surface area contributed by atoms with E-state index in [0.717, 1.165) is 0 Å². The van der Waals surface area contributed by atoms with Gasteiger partial charge in [0.15, 0.2) is 16.3 Å². The maximum atomic E-state index is 12.3. The fraction of sp³-hybridized carbons (Fsp3) is 0.167. The Hall–Kier alpha value is -2.08. The minimum atomic E-state index is -0.160. The van der Waals surface area contributed by atoms with Gasteiger partial charge in [0.2, 0.25) is 6.79 Å². The number of nitrogens with one attached hydrogen (secondary N) is 1. The van der Waals surface area contributed by atoms with Crippen molar-refractivity contribution in [3.63, 3.8) is 0 Å². The van der Waals surface area contributed by atoms with Crippen LogP contribution in [-0.2, 0) is 6.54 Å². The van der Waals surface area contributed by atoms with Crippen molar-refractivity contribution in [2.45, 2.75) is 6.54 Å². The van der Waals surface area contributed by atoms with Gasteiger partial charge in [0.1, 0.15) is 0 Å². The Morgan fingerprint density at radius 3 is 2.89 bits per heavy atom. The molecule has 0 fully saturated rings. The Bertz CT molecular complexity index is 760. The zero-order valence-corrected chi connectivity index (χ0v) is 10.3. The smallest absolute Gasteiger partial charge is 0.262 e. The summed E-state index contributed by atoms with van der Waals surface area (Å²) in [7, 11) is 0. The molecule has 0 radical (unpaired) electrons. The number of H-pyrrole nitrogens is 1. The third-order valence-electron chi connectivity index (χ3n) is 2.79. The van der Waals surface area contributed by atoms with Gasteiger partial charge in [-0.05, 0) is 18.3 Å². The van der Waals surface area contributed by atoms with Gasteiger partial charge in [-0.2, -0.15) is 0 Å². The second kappa shape index (κ2) is 3.99. The van der Waals surface area contributed by atoms with E-state index in [1.54, 1.807) is 18.2 Å². The highest BCUT2D eigenvalue weighted by atomic mass is 32.1. The lowest BCUT2D eigenvalue weighted by Crippen LogP contribution is -2.21. The number of nitrogens with zero attached hydrogens (tertiary/aromatic N) is 1. The number of benzene rings is 1. The largest absolute Gasteiger partial charge is 0.454 e. The molecule has 0 spiro atoms. The highest BCUT2D eigenvalue weighted by Crippen LogP contribution is 2.34. The number of allylic oxidation sites excluding steroid dienone is 1. The van der Waals surface area contributed by atoms with Gasteiger partial charge in [0.05, 0.1) is 10.9 Å². The van der Waals surface area contributed by atoms with Gasteiger partial charge in [0, 0.05) is 12.6 Å². The second-order valence-electron chi connectivity index (χ2n) is 3.89. The van der Waals surface area contributed by atoms with Crippen LogP contribution in [0, 0.1) is 4.77 Å². The van der Waals surface area contributed by atoms with Gasteiger partial charge in [-0.25, -0.2) is 0 Å². The first-order valence-corrected chi connectivity index (χ1v) is 5.79. The van der Waals surface area contributed by atoms with E-state index >= 15 is 0 Å². The molecule has 1 aliphatic rings. The maximum Gasteiger partial charge on any atom is 0.262 e. The zero-order valence-electron chi connectivity index (χ0n) is 9.43. The molecule has 0 amide bonds. The lowest BCUT2D eigenvalue weighted by molar-refractivity contribution is 0.174. The number of aromatic amines is 1. The Kier molecular flexibility index (Phi) is 2.45. The molecule has 0 saturated heterocycles. The van der Waals surface area contributed by atoms with Crippen LogP contribution < -0.4 is 15.0 Å². The van der Waals surface area contributed by atoms with Crippen molar-refractivity contribution in [1.82, 2.24) is 9.55 Å². The average Bonchev–Trinajstić information content (AvgIpc) is 2.79. The minimum absolute atomic E-state index is 0.160. The summed E-state index contributed by atoms with van der Waals surface area (Å²) in [6, 6.07) is 3.40. The van der Waals surface area contributed by atoms with Crippen LogP contribution in [0.5, 0.6) is 11.5 Å². The molecule has 0 saturated carbocycles. The van der Waals surface area contributed by atoms with Crippen molar-refractivity contribution in [3.8, 4) is 11.5 Å². The van der Waals surface area contributed by atoms with Crippen LogP contribution in [0.15, 0.2) is 29.6 Å².